The average Bonchev–Trinajstić information content (AvgIpc) is 2.86. The monoisotopic (exact) mass is 546 g/mol. The number of fused-ring (bicyclic) bond motifs is 1. The van der Waals surface area contributed by atoms with Gasteiger partial charge in [0.2, 0.25) is 6.29 Å². The molecule has 1 aliphatic rings. The molecule has 1 fully saturated rings. The molecule has 2 heterocycles. The molecule has 1 aliphatic heterocycles. The third kappa shape index (κ3) is 5.74. The first-order valence-electron chi connectivity index (χ1n) is 11.7. The normalized spacial score (nSPS) is 22.7. The highest BCUT2D eigenvalue weighted by Crippen LogP contribution is 2.41. The zero-order valence-corrected chi connectivity index (χ0v) is 21.0. The van der Waals surface area contributed by atoms with Crippen molar-refractivity contribution in [1.82, 2.24) is 0 Å². The molecule has 0 amide bonds. The zero-order valence-electron chi connectivity index (χ0n) is 21.0. The Bertz CT molecular complexity index is 1450. The molecular formula is C26H26O13. The Kier molecular flexibility index (Phi) is 7.95. The number of esters is 2. The van der Waals surface area contributed by atoms with E-state index in [1.807, 2.05) is 0 Å². The fraction of sp³-hybridized carbons (Fsp3) is 0.346. The van der Waals surface area contributed by atoms with Crippen molar-refractivity contribution >= 4 is 22.9 Å². The first kappa shape index (κ1) is 27.7. The molecule has 208 valence electrons. The van der Waals surface area contributed by atoms with Gasteiger partial charge in [0, 0.05) is 32.0 Å². The second-order valence-electron chi connectivity index (χ2n) is 8.66. The molecule has 1 saturated heterocycles. The van der Waals surface area contributed by atoms with Gasteiger partial charge in [0.05, 0.1) is 7.11 Å². The van der Waals surface area contributed by atoms with E-state index in [-0.39, 0.29) is 45.3 Å². The molecule has 4 N–H and O–H groups in total. The van der Waals surface area contributed by atoms with E-state index < -0.39 is 54.7 Å². The number of aliphatic hydroxyl groups excluding tert-OH is 2. The summed E-state index contributed by atoms with van der Waals surface area (Å²) in [5, 5.41) is 42.2. The summed E-state index contributed by atoms with van der Waals surface area (Å²) >= 11 is 0. The fourth-order valence-electron chi connectivity index (χ4n) is 4.14. The van der Waals surface area contributed by atoms with Crippen molar-refractivity contribution < 1.29 is 58.1 Å². The molecule has 5 atom stereocenters. The van der Waals surface area contributed by atoms with Gasteiger partial charge in [-0.1, -0.05) is 6.07 Å². The van der Waals surface area contributed by atoms with Gasteiger partial charge in [-0.3, -0.25) is 14.4 Å². The van der Waals surface area contributed by atoms with Crippen LogP contribution in [0.25, 0.3) is 22.3 Å². The van der Waals surface area contributed by atoms with Crippen LogP contribution in [-0.2, 0) is 23.8 Å². The third-order valence-corrected chi connectivity index (χ3v) is 5.91. The van der Waals surface area contributed by atoms with Gasteiger partial charge in [-0.05, 0) is 12.1 Å². The summed E-state index contributed by atoms with van der Waals surface area (Å²) in [6.45, 7) is 1.78. The predicted octanol–water partition coefficient (Wildman–Crippen LogP) is 1.20. The molecule has 0 spiro atoms. The van der Waals surface area contributed by atoms with Gasteiger partial charge in [0.15, 0.2) is 17.6 Å². The number of phenolic OH excluding ortho intramolecular Hbond substituents is 2. The molecule has 0 saturated carbocycles. The van der Waals surface area contributed by atoms with E-state index in [4.69, 9.17) is 28.1 Å². The van der Waals surface area contributed by atoms with Crippen LogP contribution in [0.5, 0.6) is 23.0 Å². The van der Waals surface area contributed by atoms with Crippen molar-refractivity contribution in [3.8, 4) is 34.3 Å². The van der Waals surface area contributed by atoms with Gasteiger partial charge in [-0.2, -0.15) is 0 Å². The third-order valence-electron chi connectivity index (χ3n) is 5.91. The van der Waals surface area contributed by atoms with Gasteiger partial charge in [0.25, 0.3) is 0 Å². The average molecular weight is 546 g/mol. The van der Waals surface area contributed by atoms with Crippen LogP contribution in [-0.4, -0.2) is 76.8 Å². The van der Waals surface area contributed by atoms with Crippen molar-refractivity contribution in [2.24, 2.45) is 0 Å². The van der Waals surface area contributed by atoms with Crippen LogP contribution in [0.4, 0.5) is 0 Å². The Morgan fingerprint density at radius 2 is 1.74 bits per heavy atom. The molecule has 13 heteroatoms. The Hall–Kier alpha value is -4.33. The topological polar surface area (TPSA) is 191 Å². The van der Waals surface area contributed by atoms with Crippen LogP contribution in [0.1, 0.15) is 13.8 Å². The van der Waals surface area contributed by atoms with Crippen molar-refractivity contribution in [2.45, 2.75) is 44.6 Å². The molecule has 0 radical (unpaired) electrons. The number of methoxy groups -OCH3 is 1. The van der Waals surface area contributed by atoms with Gasteiger partial charge in [0.1, 0.15) is 64.1 Å². The molecule has 4 rings (SSSR count). The summed E-state index contributed by atoms with van der Waals surface area (Å²) in [6, 6.07) is 7.73. The van der Waals surface area contributed by atoms with Gasteiger partial charge in [-0.25, -0.2) is 0 Å². The molecule has 0 bridgehead atoms. The largest absolute Gasteiger partial charge is 0.507 e. The summed E-state index contributed by atoms with van der Waals surface area (Å²) in [5.74, 6) is -2.29. The molecule has 1 aromatic heterocycles. The fourth-order valence-corrected chi connectivity index (χ4v) is 4.14. The van der Waals surface area contributed by atoms with Crippen LogP contribution < -0.4 is 14.9 Å². The number of carbonyl (C=O) groups is 2. The van der Waals surface area contributed by atoms with E-state index >= 15 is 0 Å². The standard InChI is InChI=1S/C26H26O13/c1-11(27)35-10-20-23(32)25(36-12(2)28)24(33)26(39-20)38-17-6-4-5-14(29)22(17)19-9-16(31)21-15(30)7-13(34-3)8-18(21)37-19/h4-9,20,23-26,29-30,32-33H,10H2,1-3H3. The summed E-state index contributed by atoms with van der Waals surface area (Å²) in [6.07, 6.45) is -7.68. The van der Waals surface area contributed by atoms with Crippen LogP contribution in [0.3, 0.4) is 0 Å². The van der Waals surface area contributed by atoms with Gasteiger partial charge < -0.3 is 48.5 Å². The SMILES string of the molecule is COc1cc(O)c2c(=O)cc(-c3c(O)cccc3OC3OC(COC(C)=O)C(O)C(OC(C)=O)C3O)oc2c1. The molecule has 13 nitrogen and oxygen atoms in total. The first-order valence-corrected chi connectivity index (χ1v) is 11.7. The number of carbonyl (C=O) groups excluding carboxylic acids is 2. The van der Waals surface area contributed by atoms with E-state index in [9.17, 15) is 34.8 Å². The number of aliphatic hydroxyl groups is 2. The number of rotatable bonds is 7. The lowest BCUT2D eigenvalue weighted by atomic mass is 9.98. The summed E-state index contributed by atoms with van der Waals surface area (Å²) in [5.41, 5.74) is -0.785. The number of benzene rings is 2. The minimum absolute atomic E-state index is 0.0444. The maximum Gasteiger partial charge on any atom is 0.303 e. The van der Waals surface area contributed by atoms with Crippen molar-refractivity contribution in [3.05, 3.63) is 46.6 Å². The number of aromatic hydroxyl groups is 2. The van der Waals surface area contributed by atoms with E-state index in [1.165, 1.54) is 37.4 Å². The lowest BCUT2D eigenvalue weighted by molar-refractivity contribution is -0.281. The molecule has 3 aromatic rings. The van der Waals surface area contributed by atoms with E-state index in [0.29, 0.717) is 0 Å². The Labute approximate surface area is 220 Å². The second kappa shape index (κ2) is 11.2. The number of hydrogen-bond acceptors (Lipinski definition) is 13. The van der Waals surface area contributed by atoms with Crippen LogP contribution in [0, 0.1) is 0 Å². The predicted molar refractivity (Wildman–Crippen MR) is 131 cm³/mol. The lowest BCUT2D eigenvalue weighted by Gasteiger charge is -2.41. The smallest absolute Gasteiger partial charge is 0.303 e. The van der Waals surface area contributed by atoms with E-state index in [0.717, 1.165) is 19.9 Å². The lowest BCUT2D eigenvalue weighted by Crippen LogP contribution is -2.61. The van der Waals surface area contributed by atoms with Crippen LogP contribution >= 0.6 is 0 Å². The Morgan fingerprint density at radius 3 is 2.41 bits per heavy atom. The van der Waals surface area contributed by atoms with E-state index in [2.05, 4.69) is 0 Å². The molecular weight excluding hydrogens is 520 g/mol. The minimum Gasteiger partial charge on any atom is -0.507 e. The van der Waals surface area contributed by atoms with Crippen molar-refractivity contribution in [3.63, 3.8) is 0 Å². The Morgan fingerprint density at radius 1 is 1.00 bits per heavy atom. The Balaban J connectivity index is 1.75. The summed E-state index contributed by atoms with van der Waals surface area (Å²) < 4.78 is 32.4. The van der Waals surface area contributed by atoms with Crippen LogP contribution in [0.15, 0.2) is 45.6 Å². The van der Waals surface area contributed by atoms with Crippen LogP contribution in [0.2, 0.25) is 0 Å². The van der Waals surface area contributed by atoms with Gasteiger partial charge >= 0.3 is 11.9 Å². The van der Waals surface area contributed by atoms with Crippen molar-refractivity contribution in [2.75, 3.05) is 13.7 Å². The highest BCUT2D eigenvalue weighted by molar-refractivity contribution is 5.87. The second-order valence-corrected chi connectivity index (χ2v) is 8.66. The minimum atomic E-state index is -1.72. The quantitative estimate of drug-likeness (QED) is 0.309. The van der Waals surface area contributed by atoms with E-state index in [1.54, 1.807) is 0 Å². The summed E-state index contributed by atoms with van der Waals surface area (Å²) in [4.78, 5) is 35.8. The number of ether oxygens (including phenoxy) is 5. The first-order chi connectivity index (χ1) is 18.5. The highest BCUT2D eigenvalue weighted by Gasteiger charge is 2.48. The summed E-state index contributed by atoms with van der Waals surface area (Å²) in [7, 11) is 1.36. The molecule has 39 heavy (non-hydrogen) atoms. The molecule has 2 aromatic carbocycles. The molecule has 5 unspecified atom stereocenters. The van der Waals surface area contributed by atoms with Crippen molar-refractivity contribution in [1.29, 1.82) is 0 Å². The molecule has 0 aliphatic carbocycles. The maximum atomic E-state index is 12.8. The zero-order chi connectivity index (χ0) is 28.4. The van der Waals surface area contributed by atoms with Gasteiger partial charge in [-0.15, -0.1) is 0 Å². The maximum absolute atomic E-state index is 12.8. The highest BCUT2D eigenvalue weighted by atomic mass is 16.7. The number of hydrogen-bond donors (Lipinski definition) is 4. The number of phenols is 2.